The molecule has 0 spiro atoms. The molecule has 0 unspecified atom stereocenters. The Bertz CT molecular complexity index is 312. The van der Waals surface area contributed by atoms with Gasteiger partial charge in [-0.1, -0.05) is 5.57 Å². The van der Waals surface area contributed by atoms with Crippen LogP contribution in [0.4, 0.5) is 0 Å². The number of hydrogen-bond donors (Lipinski definition) is 0. The van der Waals surface area contributed by atoms with Gasteiger partial charge in [-0.25, -0.2) is 4.79 Å². The average molecular weight is 240 g/mol. The van der Waals surface area contributed by atoms with Gasteiger partial charge < -0.3 is 14.3 Å². The molecule has 0 aliphatic carbocycles. The first kappa shape index (κ1) is 15.6. The van der Waals surface area contributed by atoms with Crippen LogP contribution < -0.4 is 0 Å². The van der Waals surface area contributed by atoms with Crippen LogP contribution in [0.15, 0.2) is 11.6 Å². The Morgan fingerprint density at radius 3 is 1.88 bits per heavy atom. The van der Waals surface area contributed by atoms with Crippen molar-refractivity contribution in [1.29, 1.82) is 0 Å². The van der Waals surface area contributed by atoms with Crippen LogP contribution in [0.25, 0.3) is 0 Å². The van der Waals surface area contributed by atoms with E-state index < -0.39 is 5.97 Å². The van der Waals surface area contributed by atoms with E-state index in [0.717, 1.165) is 0 Å². The minimum atomic E-state index is -0.429. The van der Waals surface area contributed by atoms with E-state index in [9.17, 15) is 14.4 Å². The summed E-state index contributed by atoms with van der Waals surface area (Å²) in [7, 11) is 0. The molecule has 0 aliphatic rings. The molecule has 0 bridgehead atoms. The Morgan fingerprint density at radius 2 is 1.53 bits per heavy atom. The van der Waals surface area contributed by atoms with Crippen LogP contribution in [0.3, 0.4) is 0 Å². The van der Waals surface area contributed by atoms with E-state index in [1.165, 1.54) is 19.9 Å². The number of ketones is 2. The number of allylic oxidation sites excluding steroid dienone is 1. The van der Waals surface area contributed by atoms with Crippen molar-refractivity contribution < 1.29 is 19.1 Å². The molecule has 0 aromatic heterocycles. The number of carbonyl (C=O) groups is 3. The maximum atomic E-state index is 11.3. The predicted octanol–water partition coefficient (Wildman–Crippen LogP) is 2.07. The quantitative estimate of drug-likeness (QED) is 0.505. The molecule has 17 heavy (non-hydrogen) atoms. The molecule has 0 heterocycles. The molecular formula is C13H20O4. The van der Waals surface area contributed by atoms with Crippen LogP contribution in [0, 0.1) is 5.92 Å². The largest absolute Gasteiger partial charge is 0.463 e. The fraction of sp³-hybridized carbons (Fsp3) is 0.615. The molecule has 0 aromatic rings. The summed E-state index contributed by atoms with van der Waals surface area (Å²) >= 11 is 0. The normalized spacial score (nSPS) is 11.5. The minimum absolute atomic E-state index is 0.00728. The highest BCUT2D eigenvalue weighted by molar-refractivity contribution is 5.84. The van der Waals surface area contributed by atoms with Crippen molar-refractivity contribution in [3.63, 3.8) is 0 Å². The number of hydrogen-bond acceptors (Lipinski definition) is 4. The summed E-state index contributed by atoms with van der Waals surface area (Å²) in [4.78, 5) is 33.5. The van der Waals surface area contributed by atoms with Gasteiger partial charge in [0, 0.05) is 18.9 Å². The molecule has 0 saturated carbocycles. The van der Waals surface area contributed by atoms with Gasteiger partial charge in [-0.05, 0) is 33.6 Å². The predicted molar refractivity (Wildman–Crippen MR) is 64.5 cm³/mol. The van der Waals surface area contributed by atoms with Crippen molar-refractivity contribution in [2.75, 3.05) is 6.61 Å². The first-order valence-corrected chi connectivity index (χ1v) is 5.70. The molecule has 0 aromatic carbocycles. The van der Waals surface area contributed by atoms with Crippen molar-refractivity contribution in [3.8, 4) is 0 Å². The Morgan fingerprint density at radius 1 is 1.06 bits per heavy atom. The van der Waals surface area contributed by atoms with Gasteiger partial charge in [0.25, 0.3) is 0 Å². The number of esters is 1. The van der Waals surface area contributed by atoms with Gasteiger partial charge in [0.1, 0.15) is 11.6 Å². The van der Waals surface area contributed by atoms with Crippen molar-refractivity contribution in [2.45, 2.75) is 40.5 Å². The lowest BCUT2D eigenvalue weighted by atomic mass is 9.90. The SMILES string of the molecule is CCOC(=O)/C=C(\C)C(CC(C)=O)CC(C)=O. The van der Waals surface area contributed by atoms with E-state index in [0.29, 0.717) is 12.2 Å². The lowest BCUT2D eigenvalue weighted by Crippen LogP contribution is -2.13. The third-order valence-corrected chi connectivity index (χ3v) is 2.34. The lowest BCUT2D eigenvalue weighted by Gasteiger charge is -2.14. The summed E-state index contributed by atoms with van der Waals surface area (Å²) in [6.07, 6.45) is 1.92. The maximum Gasteiger partial charge on any atom is 0.330 e. The second kappa shape index (κ2) is 7.76. The summed E-state index contributed by atoms with van der Waals surface area (Å²) in [5.41, 5.74) is 0.717. The monoisotopic (exact) mass is 240 g/mol. The summed E-state index contributed by atoms with van der Waals surface area (Å²) in [6, 6.07) is 0. The number of Topliss-reactive ketones (excluding diaryl/α,β-unsaturated/α-hetero) is 2. The molecule has 0 atom stereocenters. The van der Waals surface area contributed by atoms with Crippen molar-refractivity contribution in [3.05, 3.63) is 11.6 Å². The van der Waals surface area contributed by atoms with Crippen LogP contribution in [0.5, 0.6) is 0 Å². The van der Waals surface area contributed by atoms with Gasteiger partial charge >= 0.3 is 5.97 Å². The topological polar surface area (TPSA) is 60.4 Å². The lowest BCUT2D eigenvalue weighted by molar-refractivity contribution is -0.137. The standard InChI is InChI=1S/C13H20O4/c1-5-17-13(16)6-9(2)12(7-10(3)14)8-11(4)15/h6,12H,5,7-8H2,1-4H3/b9-6+. The highest BCUT2D eigenvalue weighted by Crippen LogP contribution is 2.20. The van der Waals surface area contributed by atoms with Gasteiger partial charge in [-0.3, -0.25) is 0 Å². The first-order chi connectivity index (χ1) is 7.86. The Hall–Kier alpha value is -1.45. The second-order valence-corrected chi connectivity index (χ2v) is 4.15. The second-order valence-electron chi connectivity index (χ2n) is 4.15. The molecule has 0 N–H and O–H groups in total. The fourth-order valence-electron chi connectivity index (χ4n) is 1.58. The Kier molecular flexibility index (Phi) is 7.10. The summed E-state index contributed by atoms with van der Waals surface area (Å²) in [5.74, 6) is -0.614. The molecule has 96 valence electrons. The van der Waals surface area contributed by atoms with E-state index in [4.69, 9.17) is 4.74 Å². The molecule has 0 radical (unpaired) electrons. The summed E-state index contributed by atoms with van der Waals surface area (Å²) < 4.78 is 4.79. The first-order valence-electron chi connectivity index (χ1n) is 5.70. The van der Waals surface area contributed by atoms with Crippen LogP contribution in [-0.2, 0) is 19.1 Å². The van der Waals surface area contributed by atoms with E-state index in [1.54, 1.807) is 13.8 Å². The van der Waals surface area contributed by atoms with Gasteiger partial charge in [0.2, 0.25) is 0 Å². The molecule has 4 heteroatoms. The highest BCUT2D eigenvalue weighted by atomic mass is 16.5. The number of ether oxygens (including phenoxy) is 1. The zero-order valence-electron chi connectivity index (χ0n) is 10.9. The van der Waals surface area contributed by atoms with Gasteiger partial charge in [0.05, 0.1) is 6.61 Å². The van der Waals surface area contributed by atoms with Gasteiger partial charge in [0.15, 0.2) is 0 Å². The molecule has 0 amide bonds. The third-order valence-electron chi connectivity index (χ3n) is 2.34. The van der Waals surface area contributed by atoms with E-state index in [-0.39, 0.29) is 30.3 Å². The molecule has 4 nitrogen and oxygen atoms in total. The zero-order chi connectivity index (χ0) is 13.4. The summed E-state index contributed by atoms with van der Waals surface area (Å²) in [5, 5.41) is 0. The van der Waals surface area contributed by atoms with E-state index in [2.05, 4.69) is 0 Å². The third kappa shape index (κ3) is 7.44. The average Bonchev–Trinajstić information content (AvgIpc) is 2.15. The van der Waals surface area contributed by atoms with Crippen LogP contribution in [0.1, 0.15) is 40.5 Å². The minimum Gasteiger partial charge on any atom is -0.463 e. The Labute approximate surface area is 102 Å². The van der Waals surface area contributed by atoms with Gasteiger partial charge in [-0.2, -0.15) is 0 Å². The van der Waals surface area contributed by atoms with E-state index in [1.807, 2.05) is 0 Å². The summed E-state index contributed by atoms with van der Waals surface area (Å²) in [6.45, 7) is 6.74. The highest BCUT2D eigenvalue weighted by Gasteiger charge is 2.16. The van der Waals surface area contributed by atoms with Crippen molar-refractivity contribution in [2.24, 2.45) is 5.92 Å². The van der Waals surface area contributed by atoms with Crippen molar-refractivity contribution in [1.82, 2.24) is 0 Å². The number of carbonyl (C=O) groups excluding carboxylic acids is 3. The van der Waals surface area contributed by atoms with Crippen LogP contribution in [-0.4, -0.2) is 24.1 Å². The molecule has 0 fully saturated rings. The maximum absolute atomic E-state index is 11.3. The smallest absolute Gasteiger partial charge is 0.330 e. The molecule has 0 aliphatic heterocycles. The van der Waals surface area contributed by atoms with Crippen LogP contribution in [0.2, 0.25) is 0 Å². The Balaban J connectivity index is 4.71. The van der Waals surface area contributed by atoms with Gasteiger partial charge in [-0.15, -0.1) is 0 Å². The molecule has 0 saturated heterocycles. The zero-order valence-corrected chi connectivity index (χ0v) is 10.9. The number of rotatable bonds is 7. The molecular weight excluding hydrogens is 220 g/mol. The van der Waals surface area contributed by atoms with E-state index >= 15 is 0 Å². The van der Waals surface area contributed by atoms with Crippen LogP contribution >= 0.6 is 0 Å². The van der Waals surface area contributed by atoms with Crippen molar-refractivity contribution >= 4 is 17.5 Å². The molecule has 0 rings (SSSR count). The fourth-order valence-corrected chi connectivity index (χ4v) is 1.58.